The van der Waals surface area contributed by atoms with E-state index in [1.165, 1.54) is 34.6 Å². The number of amides is 1. The Morgan fingerprint density at radius 2 is 1.62 bits per heavy atom. The lowest BCUT2D eigenvalue weighted by Crippen LogP contribution is -2.34. The van der Waals surface area contributed by atoms with Crippen LogP contribution in [-0.2, 0) is 16.4 Å². The molecule has 2 N–H and O–H groups in total. The quantitative estimate of drug-likeness (QED) is 0.494. The Hall–Kier alpha value is -2.65. The third-order valence-electron chi connectivity index (χ3n) is 4.90. The lowest BCUT2D eigenvalue weighted by atomic mass is 10.2. The fourth-order valence-corrected chi connectivity index (χ4v) is 5.66. The molecular weight excluding hydrogens is 489 g/mol. The highest BCUT2D eigenvalue weighted by Crippen LogP contribution is 2.32. The first-order valence-corrected chi connectivity index (χ1v) is 12.1. The number of nitrogens with zero attached hydrogens (tertiary/aromatic N) is 1. The minimum atomic E-state index is -3.68. The van der Waals surface area contributed by atoms with Crippen molar-refractivity contribution < 1.29 is 13.2 Å². The van der Waals surface area contributed by atoms with E-state index < -0.39 is 15.9 Å². The van der Waals surface area contributed by atoms with E-state index in [1.54, 1.807) is 12.1 Å². The van der Waals surface area contributed by atoms with Gasteiger partial charge in [-0.05, 0) is 72.7 Å². The van der Waals surface area contributed by atoms with E-state index in [1.807, 2.05) is 24.3 Å². The first-order chi connectivity index (χ1) is 15.2. The van der Waals surface area contributed by atoms with Gasteiger partial charge in [0.1, 0.15) is 0 Å². The molecule has 32 heavy (non-hydrogen) atoms. The summed E-state index contributed by atoms with van der Waals surface area (Å²) < 4.78 is 27.6. The Labute approximate surface area is 201 Å². The van der Waals surface area contributed by atoms with Gasteiger partial charge in [0.05, 0.1) is 10.6 Å². The average Bonchev–Trinajstić information content (AvgIpc) is 3.18. The van der Waals surface area contributed by atoms with Crippen molar-refractivity contribution >= 4 is 67.8 Å². The van der Waals surface area contributed by atoms with Crippen LogP contribution >= 0.6 is 35.4 Å². The second-order valence-corrected chi connectivity index (χ2v) is 10.2. The zero-order valence-electron chi connectivity index (χ0n) is 16.5. The summed E-state index contributed by atoms with van der Waals surface area (Å²) in [6.07, 6.45) is 0.681. The van der Waals surface area contributed by atoms with Crippen molar-refractivity contribution in [1.82, 2.24) is 5.32 Å². The highest BCUT2D eigenvalue weighted by Gasteiger charge is 2.30. The Kier molecular flexibility index (Phi) is 6.39. The summed E-state index contributed by atoms with van der Waals surface area (Å²) in [6, 6.07) is 18.1. The van der Waals surface area contributed by atoms with Crippen LogP contribution in [0.1, 0.15) is 15.9 Å². The summed E-state index contributed by atoms with van der Waals surface area (Å²) >= 11 is 17.0. The van der Waals surface area contributed by atoms with Gasteiger partial charge in [-0.2, -0.15) is 0 Å². The third kappa shape index (κ3) is 4.73. The molecule has 0 fully saturated rings. The minimum Gasteiger partial charge on any atom is -0.332 e. The van der Waals surface area contributed by atoms with Crippen LogP contribution in [0.5, 0.6) is 0 Å². The Morgan fingerprint density at radius 3 is 2.31 bits per heavy atom. The van der Waals surface area contributed by atoms with Crippen molar-refractivity contribution in [3.8, 4) is 0 Å². The van der Waals surface area contributed by atoms with Crippen LogP contribution in [0.3, 0.4) is 0 Å². The van der Waals surface area contributed by atoms with Gasteiger partial charge in [-0.15, -0.1) is 0 Å². The summed E-state index contributed by atoms with van der Waals surface area (Å²) in [6.45, 7) is 0.408. The van der Waals surface area contributed by atoms with E-state index in [9.17, 15) is 13.2 Å². The Bertz CT molecular complexity index is 1290. The zero-order chi connectivity index (χ0) is 22.9. The molecule has 1 heterocycles. The molecule has 3 aromatic rings. The van der Waals surface area contributed by atoms with Crippen molar-refractivity contribution in [2.24, 2.45) is 0 Å². The average molecular weight is 506 g/mol. The van der Waals surface area contributed by atoms with E-state index in [2.05, 4.69) is 10.6 Å². The maximum absolute atomic E-state index is 13.1. The van der Waals surface area contributed by atoms with E-state index >= 15 is 0 Å². The predicted molar refractivity (Wildman–Crippen MR) is 131 cm³/mol. The van der Waals surface area contributed by atoms with Crippen LogP contribution in [0.15, 0.2) is 71.6 Å². The van der Waals surface area contributed by atoms with Crippen molar-refractivity contribution in [2.75, 3.05) is 16.2 Å². The highest BCUT2D eigenvalue weighted by atomic mass is 35.5. The number of thiocarbonyl (C=S) groups is 1. The molecule has 6 nitrogen and oxygen atoms in total. The number of carbonyl (C=O) groups is 1. The van der Waals surface area contributed by atoms with Gasteiger partial charge in [-0.25, -0.2) is 8.42 Å². The molecule has 10 heteroatoms. The molecule has 1 aliphatic heterocycles. The van der Waals surface area contributed by atoms with E-state index in [0.29, 0.717) is 34.4 Å². The number of halogens is 2. The number of hydrogen-bond acceptors (Lipinski definition) is 4. The van der Waals surface area contributed by atoms with Gasteiger partial charge in [0.15, 0.2) is 5.11 Å². The second-order valence-electron chi connectivity index (χ2n) is 7.05. The van der Waals surface area contributed by atoms with Crippen LogP contribution < -0.4 is 14.9 Å². The van der Waals surface area contributed by atoms with Gasteiger partial charge in [0, 0.05) is 27.8 Å². The van der Waals surface area contributed by atoms with Crippen LogP contribution in [0.2, 0.25) is 10.0 Å². The number of benzene rings is 3. The number of anilines is 2. The topological polar surface area (TPSA) is 78.5 Å². The summed E-state index contributed by atoms with van der Waals surface area (Å²) in [5.74, 6) is -0.473. The fourth-order valence-electron chi connectivity index (χ4n) is 3.42. The molecule has 1 amide bonds. The van der Waals surface area contributed by atoms with Crippen molar-refractivity contribution in [3.05, 3.63) is 87.9 Å². The van der Waals surface area contributed by atoms with Crippen molar-refractivity contribution in [2.45, 2.75) is 11.3 Å². The molecule has 4 rings (SSSR count). The summed E-state index contributed by atoms with van der Waals surface area (Å²) in [5.41, 5.74) is 2.51. The number of fused-ring (bicyclic) bond motifs is 1. The molecule has 0 atom stereocenters. The summed E-state index contributed by atoms with van der Waals surface area (Å²) in [4.78, 5) is 12.5. The Morgan fingerprint density at radius 1 is 0.969 bits per heavy atom. The zero-order valence-corrected chi connectivity index (χ0v) is 19.7. The highest BCUT2D eigenvalue weighted by molar-refractivity contribution is 7.92. The molecule has 0 saturated carbocycles. The maximum Gasteiger partial charge on any atom is 0.264 e. The van der Waals surface area contributed by atoms with Crippen LogP contribution in [-0.4, -0.2) is 26.0 Å². The first kappa shape index (κ1) is 22.5. The molecule has 164 valence electrons. The monoisotopic (exact) mass is 505 g/mol. The summed E-state index contributed by atoms with van der Waals surface area (Å²) in [5, 5.41) is 6.11. The minimum absolute atomic E-state index is 0.0511. The lowest BCUT2D eigenvalue weighted by Gasteiger charge is -2.19. The molecule has 0 saturated heterocycles. The van der Waals surface area contributed by atoms with Gasteiger partial charge in [-0.3, -0.25) is 14.4 Å². The molecule has 1 aliphatic rings. The number of nitrogens with one attached hydrogen (secondary N) is 2. The maximum atomic E-state index is 13.1. The second kappa shape index (κ2) is 9.07. The molecule has 0 aromatic heterocycles. The van der Waals surface area contributed by atoms with Crippen molar-refractivity contribution in [3.63, 3.8) is 0 Å². The fraction of sp³-hybridized carbons (Fsp3) is 0.0909. The molecule has 0 bridgehead atoms. The van der Waals surface area contributed by atoms with Gasteiger partial charge >= 0.3 is 0 Å². The number of carbonyl (C=O) groups excluding carboxylic acids is 1. The van der Waals surface area contributed by atoms with Gasteiger partial charge in [-0.1, -0.05) is 41.4 Å². The van der Waals surface area contributed by atoms with Gasteiger partial charge in [0.25, 0.3) is 15.9 Å². The van der Waals surface area contributed by atoms with Gasteiger partial charge < -0.3 is 5.32 Å². The van der Waals surface area contributed by atoms with Crippen LogP contribution in [0, 0.1) is 0 Å². The first-order valence-electron chi connectivity index (χ1n) is 9.53. The number of para-hydroxylation sites is 1. The molecule has 0 radical (unpaired) electrons. The van der Waals surface area contributed by atoms with Crippen molar-refractivity contribution in [1.29, 1.82) is 0 Å². The largest absolute Gasteiger partial charge is 0.332 e. The predicted octanol–water partition coefficient (Wildman–Crippen LogP) is 4.87. The van der Waals surface area contributed by atoms with Crippen LogP contribution in [0.4, 0.5) is 11.4 Å². The smallest absolute Gasteiger partial charge is 0.264 e. The molecule has 3 aromatic carbocycles. The lowest BCUT2D eigenvalue weighted by molar-refractivity contribution is 0.0977. The standard InChI is InChI=1S/C22H17Cl2N3O3S2/c23-16-11-15(12-17(24)13-16)21(28)26-22(31)25-18-5-7-19(8-6-18)32(29,30)27-10-9-14-3-1-2-4-20(14)27/h1-8,11-13H,9-10H2,(H2,25,26,28,31). The van der Waals surface area contributed by atoms with E-state index in [-0.39, 0.29) is 15.6 Å². The SMILES string of the molecule is O=C(NC(=S)Nc1ccc(S(=O)(=O)N2CCc3ccccc32)cc1)c1cc(Cl)cc(Cl)c1. The number of sulfonamides is 1. The van der Waals surface area contributed by atoms with E-state index in [4.69, 9.17) is 35.4 Å². The third-order valence-corrected chi connectivity index (χ3v) is 7.36. The van der Waals surface area contributed by atoms with Crippen LogP contribution in [0.25, 0.3) is 0 Å². The summed E-state index contributed by atoms with van der Waals surface area (Å²) in [7, 11) is -3.68. The number of rotatable bonds is 4. The molecule has 0 spiro atoms. The normalized spacial score (nSPS) is 12.9. The molecular formula is C22H17Cl2N3O3S2. The molecule has 0 aliphatic carbocycles. The van der Waals surface area contributed by atoms with Gasteiger partial charge in [0.2, 0.25) is 0 Å². The molecule has 0 unspecified atom stereocenters. The Balaban J connectivity index is 1.44. The number of hydrogen-bond donors (Lipinski definition) is 2. The van der Waals surface area contributed by atoms with E-state index in [0.717, 1.165) is 5.56 Å².